The van der Waals surface area contributed by atoms with Crippen LogP contribution in [0.25, 0.3) is 22.0 Å². The zero-order valence-electron chi connectivity index (χ0n) is 19.8. The van der Waals surface area contributed by atoms with E-state index in [0.29, 0.717) is 13.0 Å². The zero-order valence-corrected chi connectivity index (χ0v) is 19.8. The number of aromatic nitrogens is 1. The number of aliphatic hydroxyl groups is 1. The molecule has 5 rings (SSSR count). The maximum atomic E-state index is 13.6. The van der Waals surface area contributed by atoms with Gasteiger partial charge < -0.3 is 24.6 Å². The van der Waals surface area contributed by atoms with E-state index in [9.17, 15) is 14.7 Å². The minimum atomic E-state index is -0.871. The average molecular weight is 462 g/mol. The van der Waals surface area contributed by atoms with Crippen molar-refractivity contribution in [2.24, 2.45) is 5.92 Å². The van der Waals surface area contributed by atoms with Gasteiger partial charge >= 0.3 is 6.09 Å². The molecule has 7 nitrogen and oxygen atoms in total. The highest BCUT2D eigenvalue weighted by Gasteiger charge is 2.49. The van der Waals surface area contributed by atoms with E-state index >= 15 is 0 Å². The van der Waals surface area contributed by atoms with Gasteiger partial charge in [-0.25, -0.2) is 4.79 Å². The van der Waals surface area contributed by atoms with E-state index in [1.165, 1.54) is 15.8 Å². The van der Waals surface area contributed by atoms with Crippen molar-refractivity contribution in [3.8, 4) is 11.1 Å². The molecule has 2 aromatic carbocycles. The molecule has 2 aliphatic heterocycles. The predicted octanol–water partition coefficient (Wildman–Crippen LogP) is 4.12. The second kappa shape index (κ2) is 8.80. The van der Waals surface area contributed by atoms with Gasteiger partial charge in [-0.15, -0.1) is 0 Å². The summed E-state index contributed by atoms with van der Waals surface area (Å²) < 4.78 is 5.21. The number of H-pyrrole nitrogens is 1. The number of rotatable bonds is 4. The number of benzene rings is 2. The maximum Gasteiger partial charge on any atom is 0.409 e. The van der Waals surface area contributed by atoms with Crippen LogP contribution in [-0.4, -0.2) is 64.2 Å². The lowest BCUT2D eigenvalue weighted by molar-refractivity contribution is -0.151. The molecule has 4 atom stereocenters. The molecule has 2 aliphatic rings. The molecule has 3 aromatic rings. The molecule has 0 saturated carbocycles. The summed E-state index contributed by atoms with van der Waals surface area (Å²) in [5.41, 5.74) is 5.60. The van der Waals surface area contributed by atoms with Crippen molar-refractivity contribution in [2.45, 2.75) is 44.9 Å². The van der Waals surface area contributed by atoms with Crippen LogP contribution in [0.2, 0.25) is 0 Å². The van der Waals surface area contributed by atoms with E-state index in [-0.39, 0.29) is 18.6 Å². The lowest BCUT2D eigenvalue weighted by atomic mass is 9.79. The van der Waals surface area contributed by atoms with E-state index < -0.39 is 24.2 Å². The third-order valence-electron chi connectivity index (χ3n) is 7.39. The number of fused-ring (bicyclic) bond motifs is 5. The number of carbonyl (C=O) groups excluding carboxylic acids is 2. The van der Waals surface area contributed by atoms with Crippen LogP contribution in [0.15, 0.2) is 48.5 Å². The fourth-order valence-corrected chi connectivity index (χ4v) is 5.78. The third kappa shape index (κ3) is 3.55. The minimum absolute atomic E-state index is 0.111. The van der Waals surface area contributed by atoms with Crippen molar-refractivity contribution in [1.82, 2.24) is 14.8 Å². The number of carbonyl (C=O) groups is 2. The first kappa shape index (κ1) is 22.5. The number of hydrogen-bond acceptors (Lipinski definition) is 4. The Balaban J connectivity index is 1.59. The third-order valence-corrected chi connectivity index (χ3v) is 7.39. The molecule has 0 aliphatic carbocycles. The summed E-state index contributed by atoms with van der Waals surface area (Å²) in [6, 6.07) is 16.0. The summed E-state index contributed by atoms with van der Waals surface area (Å²) in [5.74, 6) is -0.795. The lowest BCUT2D eigenvalue weighted by Crippen LogP contribution is -2.59. The van der Waals surface area contributed by atoms with Gasteiger partial charge in [0.1, 0.15) is 0 Å². The zero-order chi connectivity index (χ0) is 24.0. The summed E-state index contributed by atoms with van der Waals surface area (Å²) in [6.07, 6.45) is -0.0553. The molecule has 1 saturated heterocycles. The van der Waals surface area contributed by atoms with Gasteiger partial charge in [0, 0.05) is 30.2 Å². The monoisotopic (exact) mass is 461 g/mol. The molecule has 2 N–H and O–H groups in total. The van der Waals surface area contributed by atoms with Gasteiger partial charge in [-0.1, -0.05) is 48.5 Å². The number of nitrogens with one attached hydrogen (secondary N) is 1. The number of aliphatic hydroxyl groups excluding tert-OH is 1. The van der Waals surface area contributed by atoms with Crippen LogP contribution in [-0.2, 0) is 16.0 Å². The normalized spacial score (nSPS) is 22.8. The average Bonchev–Trinajstić information content (AvgIpc) is 3.23. The highest BCUT2D eigenvalue weighted by Crippen LogP contribution is 2.44. The van der Waals surface area contributed by atoms with Crippen molar-refractivity contribution in [3.63, 3.8) is 0 Å². The van der Waals surface area contributed by atoms with Crippen molar-refractivity contribution in [2.75, 3.05) is 20.2 Å². The molecule has 0 bridgehead atoms. The smallest absolute Gasteiger partial charge is 0.409 e. The Morgan fingerprint density at radius 3 is 2.71 bits per heavy atom. The fraction of sp³-hybridized carbons (Fsp3) is 0.407. The van der Waals surface area contributed by atoms with Gasteiger partial charge in [0.15, 0.2) is 0 Å². The van der Waals surface area contributed by atoms with E-state index in [2.05, 4.69) is 35.3 Å². The molecule has 0 unspecified atom stereocenters. The number of para-hydroxylation sites is 1. The highest BCUT2D eigenvalue weighted by molar-refractivity contribution is 5.97. The van der Waals surface area contributed by atoms with Gasteiger partial charge in [0.25, 0.3) is 0 Å². The Morgan fingerprint density at radius 1 is 1.24 bits per heavy atom. The number of piperidine rings is 1. The fourth-order valence-electron chi connectivity index (χ4n) is 5.78. The number of amides is 2. The molecular formula is C27H31N3O4. The highest BCUT2D eigenvalue weighted by atomic mass is 16.6. The van der Waals surface area contributed by atoms with Crippen molar-refractivity contribution in [3.05, 3.63) is 59.8 Å². The SMILES string of the molecule is CCOC(=O)N(C)[C@H]1C[C@H]2c3[nH]c4c(-c5ccccc5)cccc4c3CCN2C(=O)[C@H]1[C@H](C)O. The molecule has 7 heteroatoms. The van der Waals surface area contributed by atoms with Crippen LogP contribution in [0.4, 0.5) is 4.79 Å². The van der Waals surface area contributed by atoms with E-state index in [4.69, 9.17) is 4.74 Å². The summed E-state index contributed by atoms with van der Waals surface area (Å²) >= 11 is 0. The van der Waals surface area contributed by atoms with E-state index in [1.54, 1.807) is 20.9 Å². The van der Waals surface area contributed by atoms with Crippen molar-refractivity contribution in [1.29, 1.82) is 0 Å². The van der Waals surface area contributed by atoms with E-state index in [0.717, 1.165) is 28.8 Å². The summed E-state index contributed by atoms with van der Waals surface area (Å²) in [4.78, 5) is 33.2. The summed E-state index contributed by atoms with van der Waals surface area (Å²) in [5, 5.41) is 11.7. The van der Waals surface area contributed by atoms with Crippen LogP contribution in [0.5, 0.6) is 0 Å². The molecule has 34 heavy (non-hydrogen) atoms. The first-order chi connectivity index (χ1) is 16.4. The van der Waals surface area contributed by atoms with Crippen molar-refractivity contribution >= 4 is 22.9 Å². The van der Waals surface area contributed by atoms with Gasteiger partial charge in [0.05, 0.1) is 36.2 Å². The second-order valence-electron chi connectivity index (χ2n) is 9.29. The van der Waals surface area contributed by atoms with Gasteiger partial charge in [-0.2, -0.15) is 0 Å². The number of hydrogen-bond donors (Lipinski definition) is 2. The standard InChI is InChI=1S/C27H31N3O4/c1-4-34-27(33)29(3)21-15-22-25-20(13-14-30(22)26(32)23(21)16(2)31)19-12-8-11-18(24(19)28-25)17-9-6-5-7-10-17/h5-12,16,21-23,28,31H,4,13-15H2,1-3H3/t16-,21-,22-,23-/m0/s1. The topological polar surface area (TPSA) is 85.9 Å². The number of ether oxygens (including phenoxy) is 1. The van der Waals surface area contributed by atoms with Crippen LogP contribution in [0.1, 0.15) is 37.6 Å². The maximum absolute atomic E-state index is 13.6. The van der Waals surface area contributed by atoms with Crippen LogP contribution in [0.3, 0.4) is 0 Å². The second-order valence-corrected chi connectivity index (χ2v) is 9.29. The first-order valence-electron chi connectivity index (χ1n) is 12.0. The molecule has 178 valence electrons. The Bertz CT molecular complexity index is 1220. The summed E-state index contributed by atoms with van der Waals surface area (Å²) in [7, 11) is 1.66. The number of nitrogens with zero attached hydrogens (tertiary/aromatic N) is 2. The first-order valence-corrected chi connectivity index (χ1v) is 12.0. The van der Waals surface area contributed by atoms with Crippen LogP contribution in [0, 0.1) is 5.92 Å². The molecule has 2 amide bonds. The van der Waals surface area contributed by atoms with Gasteiger partial charge in [-0.05, 0) is 37.8 Å². The molecule has 0 radical (unpaired) electrons. The molecule has 1 aromatic heterocycles. The van der Waals surface area contributed by atoms with Crippen molar-refractivity contribution < 1.29 is 19.4 Å². The largest absolute Gasteiger partial charge is 0.450 e. The molecule has 3 heterocycles. The van der Waals surface area contributed by atoms with E-state index in [1.807, 2.05) is 23.1 Å². The Labute approximate surface area is 199 Å². The minimum Gasteiger partial charge on any atom is -0.450 e. The quantitative estimate of drug-likeness (QED) is 0.612. The number of aromatic amines is 1. The predicted molar refractivity (Wildman–Crippen MR) is 130 cm³/mol. The molecular weight excluding hydrogens is 430 g/mol. The molecule has 0 spiro atoms. The summed E-state index contributed by atoms with van der Waals surface area (Å²) in [6.45, 7) is 4.23. The van der Waals surface area contributed by atoms with Crippen LogP contribution < -0.4 is 0 Å². The van der Waals surface area contributed by atoms with Gasteiger partial charge in [0.2, 0.25) is 5.91 Å². The molecule has 1 fully saturated rings. The lowest BCUT2D eigenvalue weighted by Gasteiger charge is -2.48. The Morgan fingerprint density at radius 2 is 2.00 bits per heavy atom. The Kier molecular flexibility index (Phi) is 5.81. The van der Waals surface area contributed by atoms with Gasteiger partial charge in [-0.3, -0.25) is 4.79 Å². The Hall–Kier alpha value is -3.32. The van der Waals surface area contributed by atoms with Crippen LogP contribution >= 0.6 is 0 Å².